The molecule has 1 unspecified atom stereocenters. The summed E-state index contributed by atoms with van der Waals surface area (Å²) in [5.41, 5.74) is 11.2. The fourth-order valence-electron chi connectivity index (χ4n) is 5.14. The van der Waals surface area contributed by atoms with Crippen molar-refractivity contribution >= 4 is 35.2 Å². The Hall–Kier alpha value is -2.84. The van der Waals surface area contributed by atoms with Crippen LogP contribution in [0.15, 0.2) is 75.3 Å². The summed E-state index contributed by atoms with van der Waals surface area (Å²) >= 11 is 0. The van der Waals surface area contributed by atoms with E-state index >= 15 is 0 Å². The van der Waals surface area contributed by atoms with Gasteiger partial charge in [0.25, 0.3) is 0 Å². The van der Waals surface area contributed by atoms with Crippen LogP contribution in [0.2, 0.25) is 0 Å². The average Bonchev–Trinajstić information content (AvgIpc) is 2.80. The summed E-state index contributed by atoms with van der Waals surface area (Å²) < 4.78 is 6.11. The molecule has 0 spiro atoms. The number of aryl methyl sites for hydroxylation is 2. The van der Waals surface area contributed by atoms with Crippen molar-refractivity contribution in [1.82, 2.24) is 0 Å². The third-order valence-corrected chi connectivity index (χ3v) is 8.98. The number of fused-ring (bicyclic) bond motifs is 2. The average molecular weight is 445 g/mol. The minimum Gasteiger partial charge on any atom is -0.422 e. The Morgan fingerprint density at radius 1 is 1.19 bits per heavy atom. The first-order valence-electron chi connectivity index (χ1n) is 11.5. The van der Waals surface area contributed by atoms with Gasteiger partial charge in [-0.25, -0.2) is 4.79 Å². The van der Waals surface area contributed by atoms with Crippen molar-refractivity contribution in [3.63, 3.8) is 0 Å². The second-order valence-corrected chi connectivity index (χ2v) is 10.7. The smallest absolute Gasteiger partial charge is 0.344 e. The van der Waals surface area contributed by atoms with Gasteiger partial charge in [-0.05, 0) is 63.0 Å². The van der Waals surface area contributed by atoms with Crippen LogP contribution in [-0.4, -0.2) is 13.1 Å². The number of hydrogen-bond acceptors (Lipinski definition) is 4. The van der Waals surface area contributed by atoms with Gasteiger partial charge in [0.05, 0.1) is 5.30 Å². The molecule has 0 aliphatic carbocycles. The van der Waals surface area contributed by atoms with E-state index in [9.17, 15) is 4.79 Å². The number of allylic oxidation sites excluding steroid dienone is 2. The van der Waals surface area contributed by atoms with Gasteiger partial charge in [-0.15, -0.1) is 0 Å². The largest absolute Gasteiger partial charge is 0.422 e. The summed E-state index contributed by atoms with van der Waals surface area (Å²) in [7, 11) is -1.15. The quantitative estimate of drug-likeness (QED) is 0.352. The summed E-state index contributed by atoms with van der Waals surface area (Å²) in [6.07, 6.45) is 7.24. The van der Waals surface area contributed by atoms with Crippen LogP contribution in [0.3, 0.4) is 0 Å². The second-order valence-electron chi connectivity index (χ2n) is 8.59. The molecule has 164 valence electrons. The maximum absolute atomic E-state index is 13.5. The summed E-state index contributed by atoms with van der Waals surface area (Å²) in [4.78, 5) is 15.9. The third-order valence-electron chi connectivity index (χ3n) is 6.42. The lowest BCUT2D eigenvalue weighted by Gasteiger charge is -2.37. The van der Waals surface area contributed by atoms with Crippen molar-refractivity contribution in [2.24, 2.45) is 5.73 Å². The topological polar surface area (TPSA) is 59.5 Å². The van der Waals surface area contributed by atoms with Crippen LogP contribution in [0.1, 0.15) is 37.3 Å². The maximum atomic E-state index is 13.5. The molecule has 2 N–H and O–H groups in total. The first-order valence-corrected chi connectivity index (χ1v) is 12.8. The Labute approximate surface area is 190 Å². The summed E-state index contributed by atoms with van der Waals surface area (Å²) in [5, 5.41) is 3.72. The van der Waals surface area contributed by atoms with Crippen LogP contribution in [0.5, 0.6) is 0 Å². The number of hydrogen-bond donors (Lipinski definition) is 1. The number of nitrogens with two attached hydrogens (primary N) is 1. The van der Waals surface area contributed by atoms with Gasteiger partial charge < -0.3 is 15.1 Å². The van der Waals surface area contributed by atoms with Crippen molar-refractivity contribution < 1.29 is 4.42 Å². The molecule has 4 nitrogen and oxygen atoms in total. The highest BCUT2D eigenvalue weighted by atomic mass is 31.1. The molecule has 0 fully saturated rings. The second kappa shape index (κ2) is 8.60. The van der Waals surface area contributed by atoms with Gasteiger partial charge in [0.15, 0.2) is 0 Å². The molecule has 0 bridgehead atoms. The molecule has 3 heterocycles. The van der Waals surface area contributed by atoms with E-state index in [2.05, 4.69) is 48.7 Å². The lowest BCUT2D eigenvalue weighted by atomic mass is 9.90. The van der Waals surface area contributed by atoms with Crippen molar-refractivity contribution in [1.29, 1.82) is 0 Å². The Kier molecular flexibility index (Phi) is 5.65. The number of nitrogens with zero attached hydrogens (tertiary/aromatic N) is 1. The van der Waals surface area contributed by atoms with Crippen molar-refractivity contribution in [2.45, 2.75) is 39.0 Å². The first-order chi connectivity index (χ1) is 15.6. The summed E-state index contributed by atoms with van der Waals surface area (Å²) in [6.45, 7) is 8.29. The highest BCUT2D eigenvalue weighted by Crippen LogP contribution is 2.46. The van der Waals surface area contributed by atoms with E-state index in [1.807, 2.05) is 18.2 Å². The number of anilines is 1. The van der Waals surface area contributed by atoms with E-state index < -0.39 is 7.92 Å². The summed E-state index contributed by atoms with van der Waals surface area (Å²) in [6, 6.07) is 14.4. The third kappa shape index (κ3) is 3.57. The van der Waals surface area contributed by atoms with Gasteiger partial charge in [0.2, 0.25) is 0 Å². The zero-order valence-electron chi connectivity index (χ0n) is 18.6. The lowest BCUT2D eigenvalue weighted by molar-refractivity contribution is 0.554. The standard InChI is InChI=1S/C27H29N2O2P/c1-3-9-23(18(2)28)32(21-11-5-4-6-12-21)24-17-20-16-19-10-7-14-29-15-8-13-22(25(19)29)26(20)31-27(24)30/h4-6,9,11-12,16-17H,2-3,7-8,10,13-15,28H2,1H3/b23-9+. The zero-order chi connectivity index (χ0) is 22.2. The molecule has 0 saturated heterocycles. The lowest BCUT2D eigenvalue weighted by Crippen LogP contribution is -2.35. The van der Waals surface area contributed by atoms with Crippen LogP contribution >= 0.6 is 7.92 Å². The van der Waals surface area contributed by atoms with E-state index in [4.69, 9.17) is 10.2 Å². The van der Waals surface area contributed by atoms with Crippen LogP contribution < -0.4 is 26.9 Å². The Morgan fingerprint density at radius 2 is 1.94 bits per heavy atom. The molecule has 3 aromatic rings. The molecular formula is C27H29N2O2P. The predicted molar refractivity (Wildman–Crippen MR) is 136 cm³/mol. The first kappa shape index (κ1) is 21.0. The molecule has 5 heteroatoms. The molecule has 1 aromatic heterocycles. The fourth-order valence-corrected chi connectivity index (χ4v) is 7.57. The molecular weight excluding hydrogens is 415 g/mol. The van der Waals surface area contributed by atoms with Gasteiger partial charge in [0.1, 0.15) is 5.58 Å². The Morgan fingerprint density at radius 3 is 2.66 bits per heavy atom. The molecule has 2 aliphatic rings. The normalized spacial score (nSPS) is 16.7. The molecule has 2 aromatic carbocycles. The van der Waals surface area contributed by atoms with Crippen LogP contribution in [-0.2, 0) is 12.8 Å². The van der Waals surface area contributed by atoms with Gasteiger partial charge in [-0.2, -0.15) is 0 Å². The molecule has 2 aliphatic heterocycles. The molecule has 0 saturated carbocycles. The van der Waals surface area contributed by atoms with E-state index in [-0.39, 0.29) is 5.63 Å². The summed E-state index contributed by atoms with van der Waals surface area (Å²) in [5.74, 6) is 0. The van der Waals surface area contributed by atoms with Crippen molar-refractivity contribution in [3.8, 4) is 0 Å². The highest BCUT2D eigenvalue weighted by Gasteiger charge is 2.29. The number of rotatable bonds is 5. The molecule has 1 atom stereocenters. The molecule has 0 radical (unpaired) electrons. The van der Waals surface area contributed by atoms with Crippen molar-refractivity contribution in [3.05, 3.63) is 87.7 Å². The Bertz CT molecular complexity index is 1270. The van der Waals surface area contributed by atoms with E-state index in [0.29, 0.717) is 11.0 Å². The van der Waals surface area contributed by atoms with Crippen LogP contribution in [0.4, 0.5) is 5.69 Å². The fraction of sp³-hybridized carbons (Fsp3) is 0.296. The van der Waals surface area contributed by atoms with E-state index in [0.717, 1.165) is 60.4 Å². The van der Waals surface area contributed by atoms with Crippen molar-refractivity contribution in [2.75, 3.05) is 18.0 Å². The monoisotopic (exact) mass is 444 g/mol. The van der Waals surface area contributed by atoms with Crippen LogP contribution in [0.25, 0.3) is 11.0 Å². The highest BCUT2D eigenvalue weighted by molar-refractivity contribution is 7.77. The van der Waals surface area contributed by atoms with Gasteiger partial charge in [-0.3, -0.25) is 0 Å². The Balaban J connectivity index is 1.76. The molecule has 0 amide bonds. The zero-order valence-corrected chi connectivity index (χ0v) is 19.5. The minimum atomic E-state index is -1.15. The van der Waals surface area contributed by atoms with Gasteiger partial charge in [0, 0.05) is 40.7 Å². The maximum Gasteiger partial charge on any atom is 0.344 e. The van der Waals surface area contributed by atoms with E-state index in [1.165, 1.54) is 23.2 Å². The predicted octanol–water partition coefficient (Wildman–Crippen LogP) is 4.69. The molecule has 32 heavy (non-hydrogen) atoms. The SMILES string of the molecule is C=C(N)/C(=C\CC)P(c1ccccc1)c1cc2cc3c4c(c2oc1=O)CCCN4CCC3. The van der Waals surface area contributed by atoms with Gasteiger partial charge >= 0.3 is 5.63 Å². The van der Waals surface area contributed by atoms with Gasteiger partial charge in [-0.1, -0.05) is 49.9 Å². The van der Waals surface area contributed by atoms with Crippen LogP contribution in [0, 0.1) is 0 Å². The minimum absolute atomic E-state index is 0.264. The number of benzene rings is 2. The van der Waals surface area contributed by atoms with E-state index in [1.54, 1.807) is 0 Å². The molecule has 5 rings (SSSR count).